The zero-order chi connectivity index (χ0) is 34.0. The van der Waals surface area contributed by atoms with E-state index < -0.39 is 6.43 Å². The minimum atomic E-state index is -2.62. The summed E-state index contributed by atoms with van der Waals surface area (Å²) in [7, 11) is 1.80. The number of fused-ring (bicyclic) bond motifs is 2. The minimum absolute atomic E-state index is 0.0258. The highest BCUT2D eigenvalue weighted by Crippen LogP contribution is 2.42. The third-order valence-electron chi connectivity index (χ3n) is 11.7. The third-order valence-corrected chi connectivity index (χ3v) is 11.7. The molecule has 5 aliphatic rings. The van der Waals surface area contributed by atoms with E-state index in [4.69, 9.17) is 5.10 Å². The Kier molecular flexibility index (Phi) is 8.81. The lowest BCUT2D eigenvalue weighted by Gasteiger charge is -2.55. The molecular weight excluding hydrogens is 612 g/mol. The Morgan fingerprint density at radius 2 is 1.77 bits per heavy atom. The molecule has 1 aromatic heterocycles. The predicted octanol–water partition coefficient (Wildman–Crippen LogP) is 4.53. The molecule has 10 nitrogen and oxygen atoms in total. The maximum absolute atomic E-state index is 14.6. The molecule has 2 unspecified atom stereocenters. The predicted molar refractivity (Wildman–Crippen MR) is 185 cm³/mol. The third kappa shape index (κ3) is 6.13. The molecule has 0 bridgehead atoms. The average molecular weight is 666 g/mol. The number of amidine groups is 1. The second kappa shape index (κ2) is 12.7. The Morgan fingerprint density at radius 3 is 2.42 bits per heavy atom. The molecule has 48 heavy (non-hydrogen) atoms. The number of hydrazone groups is 1. The van der Waals surface area contributed by atoms with Gasteiger partial charge in [-0.2, -0.15) is 10.2 Å². The normalized spacial score (nSPS) is 26.5. The van der Waals surface area contributed by atoms with Crippen LogP contribution in [0.25, 0.3) is 11.1 Å². The van der Waals surface area contributed by atoms with Crippen LogP contribution in [-0.4, -0.2) is 117 Å². The SMILES string of the molecule is CC(=O)N1CCC2C(C1)C(N1CCCc3cc(-c4cnn(C)c4)c(C(F)F)cc31)=NN2C1CCN(CN2C(C)(C)CNCC2(C)C)CC1. The van der Waals surface area contributed by atoms with E-state index >= 15 is 0 Å². The Morgan fingerprint density at radius 1 is 1.04 bits per heavy atom. The molecule has 6 heterocycles. The number of alkyl halides is 2. The lowest BCUT2D eigenvalue weighted by atomic mass is 9.87. The number of hydrogen-bond acceptors (Lipinski definition) is 8. The monoisotopic (exact) mass is 665 g/mol. The highest BCUT2D eigenvalue weighted by atomic mass is 19.3. The van der Waals surface area contributed by atoms with Gasteiger partial charge in [-0.05, 0) is 83.1 Å². The van der Waals surface area contributed by atoms with E-state index in [9.17, 15) is 13.6 Å². The fourth-order valence-electron chi connectivity index (χ4n) is 9.14. The second-order valence-corrected chi connectivity index (χ2v) is 15.9. The molecule has 1 aromatic carbocycles. The number of halogens is 2. The van der Waals surface area contributed by atoms with Crippen LogP contribution in [0.2, 0.25) is 0 Å². The van der Waals surface area contributed by atoms with Crippen molar-refractivity contribution in [3.05, 3.63) is 35.7 Å². The molecule has 0 spiro atoms. The van der Waals surface area contributed by atoms with Gasteiger partial charge < -0.3 is 15.1 Å². The van der Waals surface area contributed by atoms with Crippen LogP contribution >= 0.6 is 0 Å². The summed E-state index contributed by atoms with van der Waals surface area (Å²) < 4.78 is 30.9. The summed E-state index contributed by atoms with van der Waals surface area (Å²) in [5, 5.41) is 15.7. The molecule has 1 amide bonds. The maximum Gasteiger partial charge on any atom is 0.264 e. The van der Waals surface area contributed by atoms with Crippen LogP contribution in [0.5, 0.6) is 0 Å². The molecule has 262 valence electrons. The number of aromatic nitrogens is 2. The molecule has 7 rings (SSSR count). The lowest BCUT2D eigenvalue weighted by molar-refractivity contribution is -0.131. The van der Waals surface area contributed by atoms with Crippen LogP contribution in [0.3, 0.4) is 0 Å². The summed E-state index contributed by atoms with van der Waals surface area (Å²) in [4.78, 5) is 22.0. The van der Waals surface area contributed by atoms with Crippen LogP contribution in [0.1, 0.15) is 77.9 Å². The first-order valence-corrected chi connectivity index (χ1v) is 17.9. The van der Waals surface area contributed by atoms with Gasteiger partial charge in [0.1, 0.15) is 5.84 Å². The number of carbonyl (C=O) groups is 1. The van der Waals surface area contributed by atoms with Crippen LogP contribution in [0.15, 0.2) is 29.6 Å². The Hall–Kier alpha value is -3.09. The van der Waals surface area contributed by atoms with Crippen molar-refractivity contribution >= 4 is 17.4 Å². The number of likely N-dealkylation sites (tertiary alicyclic amines) is 2. The highest BCUT2D eigenvalue weighted by molar-refractivity contribution is 6.02. The summed E-state index contributed by atoms with van der Waals surface area (Å²) in [6.07, 6.45) is 5.51. The van der Waals surface area contributed by atoms with E-state index in [0.29, 0.717) is 23.7 Å². The van der Waals surface area contributed by atoms with E-state index in [1.165, 1.54) is 0 Å². The van der Waals surface area contributed by atoms with Gasteiger partial charge >= 0.3 is 0 Å². The molecule has 5 aliphatic heterocycles. The van der Waals surface area contributed by atoms with Crippen LogP contribution in [-0.2, 0) is 18.3 Å². The van der Waals surface area contributed by atoms with Crippen molar-refractivity contribution < 1.29 is 13.6 Å². The van der Waals surface area contributed by atoms with Crippen molar-refractivity contribution in [1.29, 1.82) is 0 Å². The van der Waals surface area contributed by atoms with Crippen molar-refractivity contribution in [2.75, 3.05) is 57.4 Å². The van der Waals surface area contributed by atoms with Crippen molar-refractivity contribution in [3.8, 4) is 11.1 Å². The lowest BCUT2D eigenvalue weighted by Crippen LogP contribution is -2.69. The van der Waals surface area contributed by atoms with Crippen molar-refractivity contribution in [3.63, 3.8) is 0 Å². The molecule has 0 radical (unpaired) electrons. The summed E-state index contributed by atoms with van der Waals surface area (Å²) in [6, 6.07) is 4.16. The minimum Gasteiger partial charge on any atom is -0.342 e. The largest absolute Gasteiger partial charge is 0.342 e. The number of nitrogens with one attached hydrogen (secondary N) is 1. The van der Waals surface area contributed by atoms with E-state index in [0.717, 1.165) is 95.1 Å². The van der Waals surface area contributed by atoms with Crippen molar-refractivity contribution in [2.24, 2.45) is 18.1 Å². The standard InChI is InChI=1S/C36H53F2N9O/c1-24(48)44-15-11-31-30(20-44)34(41-47(31)27-9-13-43(14-10-27)23-46-35(2,3)21-39-22-36(46,4)5)45-12-7-8-25-16-28(26-18-40-42(6)19-26)29(33(37)38)17-32(25)45/h16-19,27,30-31,33,39H,7-15,20-23H2,1-6H3. The first kappa shape index (κ1) is 33.4. The van der Waals surface area contributed by atoms with E-state index in [2.05, 4.69) is 57.8 Å². The number of nitrogens with zero attached hydrogens (tertiary/aromatic N) is 8. The number of piperazine rings is 1. The van der Waals surface area contributed by atoms with Gasteiger partial charge in [0.15, 0.2) is 0 Å². The van der Waals surface area contributed by atoms with Gasteiger partial charge in [-0.3, -0.25) is 24.3 Å². The molecule has 2 aromatic rings. The first-order chi connectivity index (χ1) is 22.8. The smallest absolute Gasteiger partial charge is 0.264 e. The van der Waals surface area contributed by atoms with Crippen molar-refractivity contribution in [2.45, 2.75) is 96.3 Å². The van der Waals surface area contributed by atoms with Gasteiger partial charge in [-0.15, -0.1) is 0 Å². The van der Waals surface area contributed by atoms with Gasteiger partial charge in [0.2, 0.25) is 5.91 Å². The van der Waals surface area contributed by atoms with E-state index in [-0.39, 0.29) is 34.5 Å². The number of piperidine rings is 2. The number of carbonyl (C=O) groups excluding carboxylic acids is 1. The van der Waals surface area contributed by atoms with Crippen LogP contribution in [0.4, 0.5) is 14.5 Å². The fraction of sp³-hybridized carbons (Fsp3) is 0.694. The molecule has 0 aliphatic carbocycles. The number of aryl methyl sites for hydroxylation is 2. The molecule has 3 saturated heterocycles. The van der Waals surface area contributed by atoms with Crippen LogP contribution < -0.4 is 10.2 Å². The molecule has 12 heteroatoms. The summed E-state index contributed by atoms with van der Waals surface area (Å²) >= 11 is 0. The van der Waals surface area contributed by atoms with Gasteiger partial charge in [-0.1, -0.05) is 0 Å². The van der Waals surface area contributed by atoms with Gasteiger partial charge in [0.25, 0.3) is 6.43 Å². The molecule has 0 saturated carbocycles. The van der Waals surface area contributed by atoms with E-state index in [1.807, 2.05) is 11.0 Å². The highest BCUT2D eigenvalue weighted by Gasteiger charge is 2.48. The molecule has 3 fully saturated rings. The van der Waals surface area contributed by atoms with Crippen molar-refractivity contribution in [1.82, 2.24) is 34.8 Å². The van der Waals surface area contributed by atoms with Crippen LogP contribution in [0, 0.1) is 5.92 Å². The zero-order valence-corrected chi connectivity index (χ0v) is 29.6. The summed E-state index contributed by atoms with van der Waals surface area (Å²) in [5.41, 5.74) is 3.34. The first-order valence-electron chi connectivity index (χ1n) is 17.9. The zero-order valence-electron chi connectivity index (χ0n) is 29.6. The van der Waals surface area contributed by atoms with Gasteiger partial charge in [0, 0.05) is 99.9 Å². The molecule has 1 N–H and O–H groups in total. The molecular formula is C36H53F2N9O. The molecule has 2 atom stereocenters. The second-order valence-electron chi connectivity index (χ2n) is 15.9. The fourth-order valence-corrected chi connectivity index (χ4v) is 9.14. The Balaban J connectivity index is 1.16. The number of anilines is 1. The number of hydrogen-bond donors (Lipinski definition) is 1. The Labute approximate surface area is 284 Å². The number of rotatable bonds is 5. The summed E-state index contributed by atoms with van der Waals surface area (Å²) in [5.74, 6) is 1.06. The average Bonchev–Trinajstić information content (AvgIpc) is 3.65. The Bertz CT molecular complexity index is 1530. The van der Waals surface area contributed by atoms with Gasteiger partial charge in [0.05, 0.1) is 24.8 Å². The number of benzene rings is 1. The topological polar surface area (TPSA) is 75.5 Å². The van der Waals surface area contributed by atoms with E-state index in [1.54, 1.807) is 37.1 Å². The number of amides is 1. The quantitative estimate of drug-likeness (QED) is 0.504. The van der Waals surface area contributed by atoms with Gasteiger partial charge in [-0.25, -0.2) is 8.78 Å². The maximum atomic E-state index is 14.6. The summed E-state index contributed by atoms with van der Waals surface area (Å²) in [6.45, 7) is 18.0.